The zero-order valence-electron chi connectivity index (χ0n) is 30.6. The van der Waals surface area contributed by atoms with E-state index in [1.807, 2.05) is 36.4 Å². The fourth-order valence-corrected chi connectivity index (χ4v) is 8.91. The number of fused-ring (bicyclic) bond motifs is 10. The minimum Gasteiger partial charge on any atom is -0.456 e. The molecule has 7 aromatic carbocycles. The molecule has 10 aromatic rings. The molecular formula is C51H32N4O2. The summed E-state index contributed by atoms with van der Waals surface area (Å²) < 4.78 is 13.0. The van der Waals surface area contributed by atoms with Crippen LogP contribution in [0.1, 0.15) is 22.8 Å². The van der Waals surface area contributed by atoms with Crippen molar-refractivity contribution >= 4 is 50.4 Å². The number of benzene rings is 7. The van der Waals surface area contributed by atoms with Gasteiger partial charge < -0.3 is 13.7 Å². The van der Waals surface area contributed by atoms with Gasteiger partial charge in [-0.3, -0.25) is 0 Å². The first-order chi connectivity index (χ1) is 28.2. The van der Waals surface area contributed by atoms with Gasteiger partial charge in [-0.25, -0.2) is 15.0 Å². The minimum absolute atomic E-state index is 0.0852. The Labute approximate surface area is 328 Å². The van der Waals surface area contributed by atoms with Crippen LogP contribution in [0, 0.1) is 0 Å². The Balaban J connectivity index is 1.03. The van der Waals surface area contributed by atoms with Crippen LogP contribution >= 0.6 is 0 Å². The highest BCUT2D eigenvalue weighted by Crippen LogP contribution is 2.54. The van der Waals surface area contributed by atoms with E-state index in [9.17, 15) is 0 Å². The molecule has 0 bridgehead atoms. The molecule has 0 spiro atoms. The van der Waals surface area contributed by atoms with Gasteiger partial charge in [0.2, 0.25) is 0 Å². The maximum Gasteiger partial charge on any atom is 0.167 e. The van der Waals surface area contributed by atoms with E-state index >= 15 is 0 Å². The average Bonchev–Trinajstić information content (AvgIpc) is 3.96. The number of hydrogen-bond acceptors (Lipinski definition) is 6. The fourth-order valence-electron chi connectivity index (χ4n) is 8.91. The van der Waals surface area contributed by atoms with Crippen molar-refractivity contribution in [3.8, 4) is 45.3 Å². The van der Waals surface area contributed by atoms with E-state index in [-0.39, 0.29) is 12.0 Å². The lowest BCUT2D eigenvalue weighted by Gasteiger charge is -2.30. The van der Waals surface area contributed by atoms with Gasteiger partial charge in [0.25, 0.3) is 0 Å². The van der Waals surface area contributed by atoms with E-state index in [2.05, 4.69) is 151 Å². The van der Waals surface area contributed by atoms with Gasteiger partial charge in [0.1, 0.15) is 22.5 Å². The lowest BCUT2D eigenvalue weighted by Crippen LogP contribution is -2.30. The summed E-state index contributed by atoms with van der Waals surface area (Å²) in [6.07, 6.45) is 4.43. The molecular weight excluding hydrogens is 701 g/mol. The van der Waals surface area contributed by atoms with Gasteiger partial charge in [-0.2, -0.15) is 0 Å². The molecule has 1 aliphatic heterocycles. The van der Waals surface area contributed by atoms with Gasteiger partial charge in [-0.05, 0) is 71.3 Å². The number of aromatic nitrogens is 3. The number of rotatable bonds is 5. The van der Waals surface area contributed by atoms with Crippen LogP contribution in [0.5, 0.6) is 0 Å². The Morgan fingerprint density at radius 3 is 1.98 bits per heavy atom. The number of furan rings is 2. The predicted molar refractivity (Wildman–Crippen MR) is 228 cm³/mol. The molecule has 4 heterocycles. The lowest BCUT2D eigenvalue weighted by molar-refractivity contribution is 0.584. The molecule has 1 aliphatic carbocycles. The van der Waals surface area contributed by atoms with Crippen LogP contribution in [-0.2, 0) is 0 Å². The van der Waals surface area contributed by atoms with Crippen molar-refractivity contribution in [2.75, 3.05) is 4.90 Å². The third-order valence-electron chi connectivity index (χ3n) is 11.5. The largest absolute Gasteiger partial charge is 0.456 e. The van der Waals surface area contributed by atoms with Crippen molar-refractivity contribution in [3.05, 3.63) is 193 Å². The Hall–Kier alpha value is -7.57. The minimum atomic E-state index is 0.0852. The van der Waals surface area contributed by atoms with E-state index < -0.39 is 0 Å². The van der Waals surface area contributed by atoms with Crippen LogP contribution in [0.2, 0.25) is 0 Å². The van der Waals surface area contributed by atoms with E-state index in [1.165, 1.54) is 22.5 Å². The highest BCUT2D eigenvalue weighted by atomic mass is 16.3. The van der Waals surface area contributed by atoms with Gasteiger partial charge in [0.05, 0.1) is 11.6 Å². The second-order valence-electron chi connectivity index (χ2n) is 14.7. The molecule has 3 aromatic heterocycles. The van der Waals surface area contributed by atoms with Crippen LogP contribution in [-0.4, -0.2) is 21.0 Å². The Morgan fingerprint density at radius 1 is 0.474 bits per heavy atom. The summed E-state index contributed by atoms with van der Waals surface area (Å²) in [6, 6.07) is 58.9. The van der Waals surface area contributed by atoms with Crippen molar-refractivity contribution in [3.63, 3.8) is 0 Å². The van der Waals surface area contributed by atoms with E-state index in [0.29, 0.717) is 17.5 Å². The van der Waals surface area contributed by atoms with Gasteiger partial charge in [0, 0.05) is 50.1 Å². The van der Waals surface area contributed by atoms with Crippen LogP contribution < -0.4 is 4.90 Å². The van der Waals surface area contributed by atoms with Gasteiger partial charge in [-0.15, -0.1) is 0 Å². The van der Waals surface area contributed by atoms with Crippen LogP contribution in [0.15, 0.2) is 185 Å². The Morgan fingerprint density at radius 2 is 1.12 bits per heavy atom. The summed E-state index contributed by atoms with van der Waals surface area (Å²) in [5.74, 6) is 2.66. The fraction of sp³-hybridized carbons (Fsp3) is 0.0392. The molecule has 0 amide bonds. The summed E-state index contributed by atoms with van der Waals surface area (Å²) in [5, 5.41) is 3.13. The number of anilines is 2. The maximum absolute atomic E-state index is 6.87. The molecule has 268 valence electrons. The average molecular weight is 733 g/mol. The third kappa shape index (κ3) is 5.00. The first-order valence-electron chi connectivity index (χ1n) is 19.3. The maximum atomic E-state index is 6.87. The topological polar surface area (TPSA) is 68.2 Å². The molecule has 6 nitrogen and oxygen atoms in total. The normalized spacial score (nSPS) is 15.6. The van der Waals surface area contributed by atoms with Gasteiger partial charge >= 0.3 is 0 Å². The predicted octanol–water partition coefficient (Wildman–Crippen LogP) is 12.9. The number of hydrogen-bond donors (Lipinski definition) is 0. The standard InChI is InChI=1S/C51H32N4O2/c1-3-12-31(13-4-1)32-22-24-33(25-23-32)49-52-50(34-26-28-44-40(30-34)36-16-8-10-21-43(36)56-44)54-51(53-49)39-19-11-18-38-47-45(57-48(38)39)29-27-42-46(47)37-17-7-9-20-41(37)55(42)35-14-5-2-6-15-35/h1-30,42,46H. The quantitative estimate of drug-likeness (QED) is 0.175. The second-order valence-corrected chi connectivity index (χ2v) is 14.7. The van der Waals surface area contributed by atoms with E-state index in [0.717, 1.165) is 66.5 Å². The van der Waals surface area contributed by atoms with Crippen LogP contribution in [0.4, 0.5) is 11.4 Å². The molecule has 0 saturated carbocycles. The third-order valence-corrected chi connectivity index (χ3v) is 11.5. The lowest BCUT2D eigenvalue weighted by atomic mass is 9.82. The first kappa shape index (κ1) is 31.7. The number of nitrogens with zero attached hydrogens (tertiary/aromatic N) is 4. The summed E-state index contributed by atoms with van der Waals surface area (Å²) in [5.41, 5.74) is 12.2. The molecule has 0 N–H and O–H groups in total. The number of para-hydroxylation sites is 4. The van der Waals surface area contributed by atoms with Crippen LogP contribution in [0.25, 0.3) is 84.3 Å². The molecule has 57 heavy (non-hydrogen) atoms. The summed E-state index contributed by atoms with van der Waals surface area (Å²) in [7, 11) is 0. The SMILES string of the molecule is C1=CC2C(c3ccccc3N2c2ccccc2)c2c1oc1c(-c3nc(-c4ccc(-c5ccccc5)cc4)nc(-c4ccc5oc6ccccc6c5c4)n3)cccc21. The molecule has 0 fully saturated rings. The highest BCUT2D eigenvalue weighted by molar-refractivity contribution is 6.06. The monoisotopic (exact) mass is 732 g/mol. The molecule has 2 atom stereocenters. The molecule has 2 unspecified atom stereocenters. The smallest absolute Gasteiger partial charge is 0.167 e. The van der Waals surface area contributed by atoms with Gasteiger partial charge in [0.15, 0.2) is 17.5 Å². The summed E-state index contributed by atoms with van der Waals surface area (Å²) in [4.78, 5) is 18.0. The molecule has 0 saturated heterocycles. The van der Waals surface area contributed by atoms with Crippen molar-refractivity contribution in [2.24, 2.45) is 0 Å². The second kappa shape index (κ2) is 12.5. The molecule has 2 aliphatic rings. The first-order valence-corrected chi connectivity index (χ1v) is 19.3. The van der Waals surface area contributed by atoms with Crippen molar-refractivity contribution in [2.45, 2.75) is 12.0 Å². The summed E-state index contributed by atoms with van der Waals surface area (Å²) in [6.45, 7) is 0. The molecule has 0 radical (unpaired) electrons. The summed E-state index contributed by atoms with van der Waals surface area (Å²) >= 11 is 0. The molecule has 6 heteroatoms. The zero-order chi connectivity index (χ0) is 37.5. The Bertz CT molecular complexity index is 3200. The van der Waals surface area contributed by atoms with E-state index in [1.54, 1.807) is 0 Å². The highest BCUT2D eigenvalue weighted by Gasteiger charge is 2.43. The van der Waals surface area contributed by atoms with E-state index in [4.69, 9.17) is 23.8 Å². The van der Waals surface area contributed by atoms with Crippen LogP contribution in [0.3, 0.4) is 0 Å². The van der Waals surface area contributed by atoms with Crippen molar-refractivity contribution < 1.29 is 8.83 Å². The Kier molecular flexibility index (Phi) is 6.95. The van der Waals surface area contributed by atoms with Crippen molar-refractivity contribution in [1.29, 1.82) is 0 Å². The zero-order valence-corrected chi connectivity index (χ0v) is 30.6. The van der Waals surface area contributed by atoms with Gasteiger partial charge in [-0.1, -0.05) is 127 Å². The molecule has 12 rings (SSSR count). The van der Waals surface area contributed by atoms with Crippen molar-refractivity contribution in [1.82, 2.24) is 15.0 Å².